The van der Waals surface area contributed by atoms with Crippen LogP contribution in [0, 0.1) is 19.0 Å². The van der Waals surface area contributed by atoms with E-state index in [2.05, 4.69) is 124 Å². The molecule has 0 aliphatic rings. The molecule has 5 heteroatoms. The van der Waals surface area contributed by atoms with Crippen molar-refractivity contribution in [1.29, 1.82) is 0 Å². The quantitative estimate of drug-likeness (QED) is 0.149. The maximum Gasteiger partial charge on any atom is 0.135 e. The molecule has 0 amide bonds. The van der Waals surface area contributed by atoms with Gasteiger partial charge in [0.25, 0.3) is 0 Å². The van der Waals surface area contributed by atoms with Crippen LogP contribution >= 0.6 is 0 Å². The van der Waals surface area contributed by atoms with Gasteiger partial charge in [-0.05, 0) is 98.8 Å². The van der Waals surface area contributed by atoms with Crippen molar-refractivity contribution in [2.75, 3.05) is 0 Å². The van der Waals surface area contributed by atoms with Crippen molar-refractivity contribution in [2.24, 2.45) is 0 Å². The predicted octanol–water partition coefficient (Wildman–Crippen LogP) is 16.5. The van der Waals surface area contributed by atoms with E-state index in [-0.39, 0.29) is 25.7 Å². The number of nitrogens with zero attached hydrogens (tertiary/aromatic N) is 2. The number of hydrogen-bond donors (Lipinski definition) is 0. The molecule has 0 aliphatic carbocycles. The summed E-state index contributed by atoms with van der Waals surface area (Å²) in [6.45, 7) is 6.97. The normalized spacial score (nSPS) is 12.2. The molecule has 0 atom stereocenters. The number of para-hydroxylation sites is 2. The Labute approximate surface area is 392 Å². The topological polar surface area (TPSA) is 52.1 Å². The van der Waals surface area contributed by atoms with E-state index in [0.29, 0.717) is 17.5 Å². The SMILES string of the molecule is CC(C)c1cc(-c2ccccc2)cc(C(C)C)c1-c1ccnc(-c2[c-]ccc3c2oc2ccccc23)c1.[2H]C([2H])([2H])c1ccc(-c2[c-]cc(-c3cccc4oc5ccccc5c34)cc2)nc1.[Ir]. The number of hydrogen-bond acceptors (Lipinski definition) is 4. The summed E-state index contributed by atoms with van der Waals surface area (Å²) in [5.41, 5.74) is 16.8. The number of aromatic nitrogens is 2. The van der Waals surface area contributed by atoms with Gasteiger partial charge in [0.15, 0.2) is 0 Å². The summed E-state index contributed by atoms with van der Waals surface area (Å²) in [4.78, 5) is 9.07. The first-order chi connectivity index (χ1) is 32.0. The van der Waals surface area contributed by atoms with Gasteiger partial charge in [0.2, 0.25) is 0 Å². The molecule has 4 heterocycles. The van der Waals surface area contributed by atoms with Gasteiger partial charge in [0.1, 0.15) is 16.7 Å². The molecule has 0 aliphatic heterocycles. The van der Waals surface area contributed by atoms with Crippen LogP contribution in [0.1, 0.15) is 60.3 Å². The van der Waals surface area contributed by atoms with Gasteiger partial charge >= 0.3 is 0 Å². The summed E-state index contributed by atoms with van der Waals surface area (Å²) >= 11 is 0. The van der Waals surface area contributed by atoms with E-state index in [1.807, 2.05) is 79.0 Å². The van der Waals surface area contributed by atoms with Crippen molar-refractivity contribution < 1.29 is 33.1 Å². The Bertz CT molecular complexity index is 3490. The summed E-state index contributed by atoms with van der Waals surface area (Å²) in [5.74, 6) is 0.747. The van der Waals surface area contributed by atoms with Crippen LogP contribution in [0.5, 0.6) is 0 Å². The van der Waals surface area contributed by atoms with Crippen LogP contribution in [-0.2, 0) is 20.1 Å². The average molecular weight is 1010 g/mol. The minimum Gasteiger partial charge on any atom is -0.501 e. The molecule has 1 radical (unpaired) electrons. The Hall–Kier alpha value is -6.91. The van der Waals surface area contributed by atoms with E-state index in [0.717, 1.165) is 71.8 Å². The Morgan fingerprint density at radius 1 is 0.547 bits per heavy atom. The minimum absolute atomic E-state index is 0. The van der Waals surface area contributed by atoms with Gasteiger partial charge < -0.3 is 18.8 Å². The van der Waals surface area contributed by atoms with Crippen LogP contribution in [0.4, 0.5) is 0 Å². The fourth-order valence-electron chi connectivity index (χ4n) is 8.65. The van der Waals surface area contributed by atoms with Gasteiger partial charge in [-0.15, -0.1) is 48.0 Å². The second-order valence-corrected chi connectivity index (χ2v) is 16.5. The van der Waals surface area contributed by atoms with E-state index in [9.17, 15) is 0 Å². The molecule has 0 bridgehead atoms. The molecule has 0 spiro atoms. The Morgan fingerprint density at radius 2 is 1.27 bits per heavy atom. The van der Waals surface area contributed by atoms with E-state index >= 15 is 0 Å². The van der Waals surface area contributed by atoms with Crippen LogP contribution in [-0.4, -0.2) is 9.97 Å². The molecule has 4 aromatic heterocycles. The van der Waals surface area contributed by atoms with Crippen molar-refractivity contribution in [3.8, 4) is 55.9 Å². The number of fused-ring (bicyclic) bond motifs is 6. The fourth-order valence-corrected chi connectivity index (χ4v) is 8.65. The number of benzene rings is 7. The number of pyridine rings is 2. The summed E-state index contributed by atoms with van der Waals surface area (Å²) < 4.78 is 34.7. The molecule has 0 saturated carbocycles. The Morgan fingerprint density at radius 3 is 1.97 bits per heavy atom. The molecule has 64 heavy (non-hydrogen) atoms. The number of rotatable bonds is 7. The van der Waals surface area contributed by atoms with Gasteiger partial charge in [-0.3, -0.25) is 0 Å². The zero-order chi connectivity index (χ0) is 45.5. The van der Waals surface area contributed by atoms with E-state index in [4.69, 9.17) is 17.9 Å². The molecule has 11 rings (SSSR count). The smallest absolute Gasteiger partial charge is 0.135 e. The largest absolute Gasteiger partial charge is 0.501 e. The third-order valence-corrected chi connectivity index (χ3v) is 11.8. The van der Waals surface area contributed by atoms with Crippen LogP contribution in [0.3, 0.4) is 0 Å². The van der Waals surface area contributed by atoms with Gasteiger partial charge in [0.05, 0.1) is 5.58 Å². The van der Waals surface area contributed by atoms with Crippen molar-refractivity contribution in [3.63, 3.8) is 0 Å². The molecule has 0 unspecified atom stereocenters. The van der Waals surface area contributed by atoms with Crippen molar-refractivity contribution in [1.82, 2.24) is 9.97 Å². The minimum atomic E-state index is -2.15. The zero-order valence-electron chi connectivity index (χ0n) is 38.9. The van der Waals surface area contributed by atoms with Gasteiger partial charge in [-0.25, -0.2) is 0 Å². The van der Waals surface area contributed by atoms with Crippen molar-refractivity contribution in [2.45, 2.75) is 46.4 Å². The molecule has 0 saturated heterocycles. The number of furan rings is 2. The first kappa shape index (κ1) is 38.7. The second-order valence-electron chi connectivity index (χ2n) is 16.5. The van der Waals surface area contributed by atoms with Crippen LogP contribution < -0.4 is 0 Å². The van der Waals surface area contributed by atoms with Crippen molar-refractivity contribution in [3.05, 3.63) is 205 Å². The molecular formula is C59H46IrN2O2-2. The number of aryl methyl sites for hydroxylation is 1. The zero-order valence-corrected chi connectivity index (χ0v) is 38.3. The van der Waals surface area contributed by atoms with Crippen LogP contribution in [0.15, 0.2) is 185 Å². The maximum absolute atomic E-state index is 7.46. The standard InChI is InChI=1S/C35H30NO.C24H16NO.Ir/c1-22(2)30-19-26(24-11-6-5-7-12-24)20-31(23(3)4)34(30)25-17-18-36-32(21-25)29-15-10-14-28-27-13-8-9-16-33(27)37-35(28)29;1-16-9-14-21(25-15-16)18-12-10-17(11-13-18)19-6-4-8-23-24(19)20-5-2-3-7-22(20)26-23;/h5-14,16-23H,1-4H3;2-12,14-15H,1H3;/q2*-1;/i;1D3;. The maximum atomic E-state index is 7.46. The molecule has 315 valence electrons. The first-order valence-electron chi connectivity index (χ1n) is 22.9. The van der Waals surface area contributed by atoms with E-state index in [1.54, 1.807) is 12.1 Å². The fraction of sp³-hybridized carbons (Fsp3) is 0.119. The molecular weight excluding hydrogens is 961 g/mol. The second kappa shape index (κ2) is 18.1. The third kappa shape index (κ3) is 8.10. The molecule has 4 nitrogen and oxygen atoms in total. The summed E-state index contributed by atoms with van der Waals surface area (Å²) in [7, 11) is 0. The molecule has 7 aromatic carbocycles. The average Bonchev–Trinajstić information content (AvgIpc) is 3.93. The summed E-state index contributed by atoms with van der Waals surface area (Å²) in [6.07, 6.45) is 3.32. The Balaban J connectivity index is 0.000000170. The molecule has 0 N–H and O–H groups in total. The van der Waals surface area contributed by atoms with Crippen LogP contribution in [0.25, 0.3) is 99.8 Å². The summed E-state index contributed by atoms with van der Waals surface area (Å²) in [5, 5.41) is 4.38. The summed E-state index contributed by atoms with van der Waals surface area (Å²) in [6, 6.07) is 62.0. The third-order valence-electron chi connectivity index (χ3n) is 11.8. The molecule has 11 aromatic rings. The first-order valence-corrected chi connectivity index (χ1v) is 21.4. The van der Waals surface area contributed by atoms with E-state index < -0.39 is 6.85 Å². The Kier molecular flexibility index (Phi) is 10.9. The van der Waals surface area contributed by atoms with Gasteiger partial charge in [0, 0.05) is 52.8 Å². The van der Waals surface area contributed by atoms with E-state index in [1.165, 1.54) is 39.6 Å². The van der Waals surface area contributed by atoms with Gasteiger partial charge in [-0.2, -0.15) is 0 Å². The van der Waals surface area contributed by atoms with Crippen LogP contribution in [0.2, 0.25) is 0 Å². The van der Waals surface area contributed by atoms with Crippen molar-refractivity contribution >= 4 is 43.9 Å². The van der Waals surface area contributed by atoms with Gasteiger partial charge in [-0.1, -0.05) is 153 Å². The molecule has 0 fully saturated rings. The predicted molar refractivity (Wildman–Crippen MR) is 261 cm³/mol. The monoisotopic (exact) mass is 1010 g/mol.